The van der Waals surface area contributed by atoms with Crippen LogP contribution in [-0.4, -0.2) is 105 Å². The van der Waals surface area contributed by atoms with Gasteiger partial charge in [-0.3, -0.25) is 19.3 Å². The number of anilines is 2. The second kappa shape index (κ2) is 15.9. The number of likely N-dealkylation sites (N-methyl/N-ethyl adjacent to an activating group) is 1. The van der Waals surface area contributed by atoms with Crippen molar-refractivity contribution in [2.24, 2.45) is 0 Å². The molecule has 1 atom stereocenters. The van der Waals surface area contributed by atoms with Gasteiger partial charge in [0.1, 0.15) is 11.5 Å². The van der Waals surface area contributed by atoms with Crippen molar-refractivity contribution in [2.45, 2.75) is 45.4 Å². The van der Waals surface area contributed by atoms with Crippen LogP contribution in [0.15, 0.2) is 60.8 Å². The third kappa shape index (κ3) is 7.85. The number of carbonyl (C=O) groups is 3. The number of unbranched alkanes of at least 4 members (excludes halogenated alkanes) is 1. The fourth-order valence-electron chi connectivity index (χ4n) is 6.55. The topological polar surface area (TPSA) is 110 Å². The van der Waals surface area contributed by atoms with Crippen molar-refractivity contribution in [1.82, 2.24) is 19.7 Å². The number of methoxy groups -OCH3 is 1. The molecule has 50 heavy (non-hydrogen) atoms. The molecule has 1 fully saturated rings. The summed E-state index contributed by atoms with van der Waals surface area (Å²) >= 11 is 0. The Labute approximate surface area is 295 Å². The Balaban J connectivity index is 1.41. The molecule has 1 saturated heterocycles. The van der Waals surface area contributed by atoms with Crippen LogP contribution >= 0.6 is 0 Å². The van der Waals surface area contributed by atoms with Crippen molar-refractivity contribution in [2.75, 3.05) is 71.7 Å². The number of aromatic amines is 1. The lowest BCUT2D eigenvalue weighted by Crippen LogP contribution is -2.60. The normalized spacial score (nSPS) is 15.1. The maximum atomic E-state index is 14.0. The first-order valence-corrected chi connectivity index (χ1v) is 17.2. The highest BCUT2D eigenvalue weighted by atomic mass is 16.5. The summed E-state index contributed by atoms with van der Waals surface area (Å²) in [5.74, 6) is 0.229. The lowest BCUT2D eigenvalue weighted by molar-refractivity contribution is -0.146. The highest BCUT2D eigenvalue weighted by Crippen LogP contribution is 2.36. The van der Waals surface area contributed by atoms with Gasteiger partial charge < -0.3 is 34.5 Å². The Kier molecular flexibility index (Phi) is 11.6. The standard InChI is InChI=1S/C39H50N6O5/c1-8-9-17-39(26-46,45-20-18-43(5)19-21-45)50-35-22-27(2)13-16-33(35)44(6)38(48)28-14-15-31(34(23-28)49-7)41-37(47)30-11-10-12-32-36(30)29(24-40-32)25-42(3)4/h10-16,22-24,26,40H,8-9,17-21,25H2,1-7H3,(H,41,47). The SMILES string of the molecule is CCCCC(C=O)(Oc1cc(C)ccc1N(C)C(=O)c1ccc(NC(=O)c2cccc3[nH]cc(CN(C)C)c23)c(OC)c1)N1CCN(C)CC1. The zero-order valence-electron chi connectivity index (χ0n) is 30.3. The minimum absolute atomic E-state index is 0.284. The van der Waals surface area contributed by atoms with Gasteiger partial charge in [0.15, 0.2) is 6.29 Å². The summed E-state index contributed by atoms with van der Waals surface area (Å²) in [6, 6.07) is 16.2. The number of nitrogens with zero attached hydrogens (tertiary/aromatic N) is 4. The van der Waals surface area contributed by atoms with E-state index >= 15 is 0 Å². The first-order chi connectivity index (χ1) is 24.0. The predicted octanol–water partition coefficient (Wildman–Crippen LogP) is 5.79. The summed E-state index contributed by atoms with van der Waals surface area (Å²) in [7, 11) is 9.24. The number of hydrogen-bond acceptors (Lipinski definition) is 8. The number of nitrogens with one attached hydrogen (secondary N) is 2. The van der Waals surface area contributed by atoms with Gasteiger partial charge in [0.2, 0.25) is 5.72 Å². The van der Waals surface area contributed by atoms with E-state index < -0.39 is 5.72 Å². The molecule has 1 aliphatic heterocycles. The summed E-state index contributed by atoms with van der Waals surface area (Å²) in [5, 5.41) is 3.85. The van der Waals surface area contributed by atoms with Crippen molar-refractivity contribution in [3.63, 3.8) is 0 Å². The maximum absolute atomic E-state index is 14.0. The molecule has 0 radical (unpaired) electrons. The van der Waals surface area contributed by atoms with Crippen molar-refractivity contribution >= 4 is 40.4 Å². The van der Waals surface area contributed by atoms with E-state index in [4.69, 9.17) is 9.47 Å². The van der Waals surface area contributed by atoms with Crippen LogP contribution in [0.25, 0.3) is 10.9 Å². The molecule has 1 aliphatic rings. The molecular weight excluding hydrogens is 632 g/mol. The number of carbonyl (C=O) groups excluding carboxylic acids is 3. The number of aromatic nitrogens is 1. The molecule has 1 aromatic heterocycles. The third-order valence-electron chi connectivity index (χ3n) is 9.39. The van der Waals surface area contributed by atoms with Gasteiger partial charge in [-0.15, -0.1) is 0 Å². The number of rotatable bonds is 14. The lowest BCUT2D eigenvalue weighted by Gasteiger charge is -2.44. The fraction of sp³-hybridized carbons (Fsp3) is 0.410. The van der Waals surface area contributed by atoms with Gasteiger partial charge >= 0.3 is 0 Å². The van der Waals surface area contributed by atoms with Crippen molar-refractivity contribution < 1.29 is 23.9 Å². The zero-order valence-corrected chi connectivity index (χ0v) is 30.3. The van der Waals surface area contributed by atoms with E-state index in [-0.39, 0.29) is 11.8 Å². The number of aldehydes is 1. The van der Waals surface area contributed by atoms with Crippen molar-refractivity contribution in [3.05, 3.63) is 83.0 Å². The number of hydrogen-bond donors (Lipinski definition) is 2. The average molecular weight is 683 g/mol. The van der Waals surface area contributed by atoms with E-state index in [2.05, 4.69) is 39.0 Å². The van der Waals surface area contributed by atoms with Crippen molar-refractivity contribution in [1.29, 1.82) is 0 Å². The lowest BCUT2D eigenvalue weighted by atomic mass is 10.0. The number of aryl methyl sites for hydroxylation is 1. The molecule has 11 heteroatoms. The van der Waals surface area contributed by atoms with Crippen LogP contribution < -0.4 is 19.7 Å². The molecule has 3 aromatic carbocycles. The van der Waals surface area contributed by atoms with Crippen LogP contribution in [-0.2, 0) is 11.3 Å². The monoisotopic (exact) mass is 682 g/mol. The fourth-order valence-corrected chi connectivity index (χ4v) is 6.55. The number of amides is 2. The number of ether oxygens (including phenoxy) is 2. The van der Waals surface area contributed by atoms with Gasteiger partial charge in [0.25, 0.3) is 11.8 Å². The van der Waals surface area contributed by atoms with Gasteiger partial charge in [-0.25, -0.2) is 0 Å². The largest absolute Gasteiger partial charge is 0.495 e. The summed E-state index contributed by atoms with van der Waals surface area (Å²) in [6.45, 7) is 7.81. The molecule has 0 spiro atoms. The molecule has 1 unspecified atom stereocenters. The van der Waals surface area contributed by atoms with E-state index in [1.165, 1.54) is 12.0 Å². The summed E-state index contributed by atoms with van der Waals surface area (Å²) < 4.78 is 12.4. The van der Waals surface area contributed by atoms with Gasteiger partial charge in [-0.1, -0.05) is 25.5 Å². The predicted molar refractivity (Wildman–Crippen MR) is 199 cm³/mol. The van der Waals surface area contributed by atoms with Crippen LogP contribution in [0.4, 0.5) is 11.4 Å². The van der Waals surface area contributed by atoms with E-state index in [0.29, 0.717) is 60.1 Å². The molecule has 0 bridgehead atoms. The maximum Gasteiger partial charge on any atom is 0.258 e. The Hall–Kier alpha value is -4.71. The summed E-state index contributed by atoms with van der Waals surface area (Å²) in [4.78, 5) is 51.8. The van der Waals surface area contributed by atoms with Crippen LogP contribution in [0.1, 0.15) is 58.0 Å². The second-order valence-corrected chi connectivity index (χ2v) is 13.4. The molecule has 5 rings (SSSR count). The van der Waals surface area contributed by atoms with E-state index in [1.54, 1.807) is 31.3 Å². The third-order valence-corrected chi connectivity index (χ3v) is 9.39. The smallest absolute Gasteiger partial charge is 0.258 e. The Morgan fingerprint density at radius 1 is 1.02 bits per heavy atom. The quantitative estimate of drug-likeness (QED) is 0.161. The Morgan fingerprint density at radius 2 is 1.78 bits per heavy atom. The molecule has 2 heterocycles. The molecule has 11 nitrogen and oxygen atoms in total. The second-order valence-electron chi connectivity index (χ2n) is 13.4. The van der Waals surface area contributed by atoms with Gasteiger partial charge in [0, 0.05) is 74.4 Å². The van der Waals surface area contributed by atoms with Crippen LogP contribution in [0, 0.1) is 6.92 Å². The Morgan fingerprint density at radius 3 is 2.46 bits per heavy atom. The minimum atomic E-state index is -1.15. The van der Waals surface area contributed by atoms with Crippen molar-refractivity contribution in [3.8, 4) is 11.5 Å². The minimum Gasteiger partial charge on any atom is -0.495 e. The zero-order chi connectivity index (χ0) is 36.0. The number of fused-ring (bicyclic) bond motifs is 1. The van der Waals surface area contributed by atoms with Crippen LogP contribution in [0.3, 0.4) is 0 Å². The molecule has 2 N–H and O–H groups in total. The molecule has 266 valence electrons. The van der Waals surface area contributed by atoms with Crippen LogP contribution in [0.2, 0.25) is 0 Å². The molecule has 0 aliphatic carbocycles. The van der Waals surface area contributed by atoms with E-state index in [9.17, 15) is 14.4 Å². The number of piperazine rings is 1. The van der Waals surface area contributed by atoms with Gasteiger partial charge in [0.05, 0.1) is 18.5 Å². The molecular formula is C39H50N6O5. The molecule has 0 saturated carbocycles. The number of H-pyrrole nitrogens is 1. The van der Waals surface area contributed by atoms with Gasteiger partial charge in [-0.05, 0) is 88.1 Å². The average Bonchev–Trinajstić information content (AvgIpc) is 3.52. The highest BCUT2D eigenvalue weighted by molar-refractivity contribution is 6.14. The highest BCUT2D eigenvalue weighted by Gasteiger charge is 2.41. The van der Waals surface area contributed by atoms with E-state index in [0.717, 1.165) is 54.2 Å². The van der Waals surface area contributed by atoms with Crippen LogP contribution in [0.5, 0.6) is 11.5 Å². The molecule has 4 aromatic rings. The summed E-state index contributed by atoms with van der Waals surface area (Å²) in [5.41, 5.74) is 3.58. The first-order valence-electron chi connectivity index (χ1n) is 17.2. The van der Waals surface area contributed by atoms with E-state index in [1.807, 2.05) is 57.5 Å². The summed E-state index contributed by atoms with van der Waals surface area (Å²) in [6.07, 6.45) is 5.14. The van der Waals surface area contributed by atoms with Gasteiger partial charge in [-0.2, -0.15) is 0 Å². The molecule has 2 amide bonds. The Bertz CT molecular complexity index is 1830. The number of benzene rings is 3. The first kappa shape index (κ1) is 36.6.